The van der Waals surface area contributed by atoms with Crippen LogP contribution in [0.5, 0.6) is 0 Å². The summed E-state index contributed by atoms with van der Waals surface area (Å²) >= 11 is 0. The molecule has 5 rings (SSSR count). The number of rotatable bonds is 3. The number of nitrogens with zero attached hydrogens (tertiary/aromatic N) is 4. The van der Waals surface area contributed by atoms with Gasteiger partial charge in [-0.2, -0.15) is 0 Å². The molecule has 9 heteroatoms. The molecule has 2 aliphatic heterocycles. The van der Waals surface area contributed by atoms with Crippen molar-refractivity contribution in [1.82, 2.24) is 19.8 Å². The summed E-state index contributed by atoms with van der Waals surface area (Å²) in [5.41, 5.74) is 0.113. The van der Waals surface area contributed by atoms with Crippen molar-refractivity contribution in [2.24, 2.45) is 11.8 Å². The van der Waals surface area contributed by atoms with Crippen LogP contribution >= 0.6 is 0 Å². The summed E-state index contributed by atoms with van der Waals surface area (Å²) in [5, 5.41) is 0. The average molecular weight is 523 g/mol. The number of amides is 2. The van der Waals surface area contributed by atoms with Crippen LogP contribution in [0, 0.1) is 29.3 Å². The standard InChI is InChI=1S/C29H29F3N4O2/c1-29(2,3)24-10-7-17(13-33-24)27(37)36-14-18-11-12-35(15-19(18)16-36)28(38)23-9-8-22(32)26(34-23)25-20(30)5-4-6-21(25)31/h4-10,13,18-19H,11-12,14-16H2,1-3H3/t18-,19+/m1/s1. The van der Waals surface area contributed by atoms with Gasteiger partial charge in [0.05, 0.1) is 11.1 Å². The first-order valence-electron chi connectivity index (χ1n) is 12.7. The fourth-order valence-corrected chi connectivity index (χ4v) is 5.29. The van der Waals surface area contributed by atoms with Gasteiger partial charge in [0.1, 0.15) is 28.8 Å². The van der Waals surface area contributed by atoms with Crippen LogP contribution in [0.3, 0.4) is 0 Å². The first kappa shape index (κ1) is 25.9. The summed E-state index contributed by atoms with van der Waals surface area (Å²) in [6.45, 7) is 8.18. The van der Waals surface area contributed by atoms with E-state index in [1.807, 2.05) is 17.0 Å². The van der Waals surface area contributed by atoms with E-state index in [4.69, 9.17) is 0 Å². The van der Waals surface area contributed by atoms with E-state index in [-0.39, 0.29) is 28.9 Å². The molecule has 0 unspecified atom stereocenters. The molecule has 3 aromatic rings. The summed E-state index contributed by atoms with van der Waals surface area (Å²) in [6, 6.07) is 9.13. The highest BCUT2D eigenvalue weighted by Crippen LogP contribution is 2.33. The zero-order valence-corrected chi connectivity index (χ0v) is 21.5. The molecular formula is C29H29F3N4O2. The van der Waals surface area contributed by atoms with Crippen LogP contribution in [-0.4, -0.2) is 57.8 Å². The lowest BCUT2D eigenvalue weighted by Crippen LogP contribution is -2.43. The van der Waals surface area contributed by atoms with Gasteiger partial charge in [-0.1, -0.05) is 26.8 Å². The van der Waals surface area contributed by atoms with Crippen molar-refractivity contribution in [1.29, 1.82) is 0 Å². The third kappa shape index (κ3) is 4.89. The molecule has 2 fully saturated rings. The smallest absolute Gasteiger partial charge is 0.272 e. The highest BCUT2D eigenvalue weighted by molar-refractivity contribution is 5.94. The number of piperidine rings is 1. The third-order valence-electron chi connectivity index (χ3n) is 7.42. The van der Waals surface area contributed by atoms with Gasteiger partial charge in [-0.3, -0.25) is 14.6 Å². The molecule has 2 amide bonds. The van der Waals surface area contributed by atoms with Gasteiger partial charge in [0.2, 0.25) is 0 Å². The minimum Gasteiger partial charge on any atom is -0.338 e. The van der Waals surface area contributed by atoms with E-state index < -0.39 is 34.6 Å². The number of hydrogen-bond donors (Lipinski definition) is 0. The molecule has 4 heterocycles. The number of halogens is 3. The topological polar surface area (TPSA) is 66.4 Å². The first-order valence-corrected chi connectivity index (χ1v) is 12.7. The van der Waals surface area contributed by atoms with Crippen LogP contribution in [0.2, 0.25) is 0 Å². The maximum atomic E-state index is 14.5. The molecule has 0 bridgehead atoms. The molecule has 198 valence electrons. The average Bonchev–Trinajstić information content (AvgIpc) is 3.32. The predicted octanol–water partition coefficient (Wildman–Crippen LogP) is 5.09. The minimum absolute atomic E-state index is 0.0815. The number of pyridine rings is 2. The molecule has 2 aliphatic rings. The molecule has 0 saturated carbocycles. The van der Waals surface area contributed by atoms with Crippen molar-refractivity contribution in [3.05, 3.63) is 83.1 Å². The Morgan fingerprint density at radius 3 is 2.18 bits per heavy atom. The Labute approximate surface area is 219 Å². The van der Waals surface area contributed by atoms with Crippen LogP contribution in [0.1, 0.15) is 53.7 Å². The lowest BCUT2D eigenvalue weighted by atomic mass is 9.88. The molecular weight excluding hydrogens is 493 g/mol. The quantitative estimate of drug-likeness (QED) is 0.481. The van der Waals surface area contributed by atoms with Crippen molar-refractivity contribution in [3.63, 3.8) is 0 Å². The van der Waals surface area contributed by atoms with Crippen LogP contribution in [-0.2, 0) is 5.41 Å². The van der Waals surface area contributed by atoms with Crippen LogP contribution in [0.25, 0.3) is 11.3 Å². The normalized spacial score (nSPS) is 19.4. The lowest BCUT2D eigenvalue weighted by Gasteiger charge is -2.34. The fraction of sp³-hybridized carbons (Fsp3) is 0.379. The maximum Gasteiger partial charge on any atom is 0.272 e. The van der Waals surface area contributed by atoms with E-state index >= 15 is 0 Å². The van der Waals surface area contributed by atoms with E-state index in [1.165, 1.54) is 12.1 Å². The Hall–Kier alpha value is -3.75. The second-order valence-corrected chi connectivity index (χ2v) is 11.1. The van der Waals surface area contributed by atoms with E-state index in [1.54, 1.807) is 11.1 Å². The second kappa shape index (κ2) is 9.85. The highest BCUT2D eigenvalue weighted by atomic mass is 19.1. The van der Waals surface area contributed by atoms with E-state index in [0.29, 0.717) is 38.2 Å². The fourth-order valence-electron chi connectivity index (χ4n) is 5.29. The van der Waals surface area contributed by atoms with E-state index in [2.05, 4.69) is 30.7 Å². The van der Waals surface area contributed by atoms with Gasteiger partial charge in [0.15, 0.2) is 0 Å². The number of benzene rings is 1. The number of aromatic nitrogens is 2. The predicted molar refractivity (Wildman–Crippen MR) is 136 cm³/mol. The van der Waals surface area contributed by atoms with Gasteiger partial charge < -0.3 is 9.80 Å². The molecule has 0 aliphatic carbocycles. The molecule has 6 nitrogen and oxygen atoms in total. The monoisotopic (exact) mass is 522 g/mol. The van der Waals surface area contributed by atoms with Crippen LogP contribution < -0.4 is 0 Å². The molecule has 0 N–H and O–H groups in total. The minimum atomic E-state index is -0.958. The zero-order valence-electron chi connectivity index (χ0n) is 21.5. The van der Waals surface area contributed by atoms with Gasteiger partial charge in [0.25, 0.3) is 11.8 Å². The largest absolute Gasteiger partial charge is 0.338 e. The van der Waals surface area contributed by atoms with Crippen molar-refractivity contribution in [2.45, 2.75) is 32.6 Å². The Kier molecular flexibility index (Phi) is 6.71. The van der Waals surface area contributed by atoms with Crippen molar-refractivity contribution in [2.75, 3.05) is 26.2 Å². The summed E-state index contributed by atoms with van der Waals surface area (Å²) in [6.07, 6.45) is 2.33. The number of carbonyl (C=O) groups is 2. The molecule has 2 aromatic heterocycles. The SMILES string of the molecule is CC(C)(C)c1ccc(C(=O)N2C[C@H]3CCN(C(=O)c4ccc(F)c(-c5c(F)cccc5F)n4)C[C@H]3C2)cn1. The van der Waals surface area contributed by atoms with Gasteiger partial charge in [-0.25, -0.2) is 18.2 Å². The number of carbonyl (C=O) groups excluding carboxylic acids is 2. The first-order chi connectivity index (χ1) is 18.0. The Morgan fingerprint density at radius 2 is 1.53 bits per heavy atom. The van der Waals surface area contributed by atoms with Gasteiger partial charge in [-0.05, 0) is 54.7 Å². The molecule has 2 atom stereocenters. The van der Waals surface area contributed by atoms with E-state index in [9.17, 15) is 22.8 Å². The van der Waals surface area contributed by atoms with Crippen molar-refractivity contribution >= 4 is 11.8 Å². The lowest BCUT2D eigenvalue weighted by molar-refractivity contribution is 0.0636. The van der Waals surface area contributed by atoms with Crippen molar-refractivity contribution < 1.29 is 22.8 Å². The van der Waals surface area contributed by atoms with Crippen LogP contribution in [0.15, 0.2) is 48.7 Å². The number of fused-ring (bicyclic) bond motifs is 1. The molecule has 1 aromatic carbocycles. The van der Waals surface area contributed by atoms with Crippen molar-refractivity contribution in [3.8, 4) is 11.3 Å². The van der Waals surface area contributed by atoms with Crippen LogP contribution in [0.4, 0.5) is 13.2 Å². The molecule has 0 spiro atoms. The van der Waals surface area contributed by atoms with Gasteiger partial charge >= 0.3 is 0 Å². The summed E-state index contributed by atoms with van der Waals surface area (Å²) in [5.74, 6) is -3.01. The van der Waals surface area contributed by atoms with Gasteiger partial charge in [-0.15, -0.1) is 0 Å². The number of hydrogen-bond acceptors (Lipinski definition) is 4. The summed E-state index contributed by atoms with van der Waals surface area (Å²) < 4.78 is 43.0. The maximum absolute atomic E-state index is 14.5. The molecule has 2 saturated heterocycles. The highest BCUT2D eigenvalue weighted by Gasteiger charge is 2.40. The molecule has 0 radical (unpaired) electrons. The summed E-state index contributed by atoms with van der Waals surface area (Å²) in [7, 11) is 0. The Balaban J connectivity index is 1.29. The van der Waals surface area contributed by atoms with Gasteiger partial charge in [0, 0.05) is 43.5 Å². The second-order valence-electron chi connectivity index (χ2n) is 11.1. The zero-order chi connectivity index (χ0) is 27.2. The number of likely N-dealkylation sites (tertiary alicyclic amines) is 2. The van der Waals surface area contributed by atoms with E-state index in [0.717, 1.165) is 23.9 Å². The summed E-state index contributed by atoms with van der Waals surface area (Å²) in [4.78, 5) is 38.3. The third-order valence-corrected chi connectivity index (χ3v) is 7.42. The Morgan fingerprint density at radius 1 is 0.842 bits per heavy atom. The Bertz CT molecular complexity index is 1370. The molecule has 38 heavy (non-hydrogen) atoms.